The smallest absolute Gasteiger partial charge is 0.323 e. The Kier molecular flexibility index (Phi) is 4.06. The Morgan fingerprint density at radius 2 is 2.43 bits per heavy atom. The fourth-order valence-corrected chi connectivity index (χ4v) is 2.54. The van der Waals surface area contributed by atoms with Crippen molar-refractivity contribution in [2.75, 3.05) is 25.0 Å². The highest BCUT2D eigenvalue weighted by molar-refractivity contribution is 5.88. The molecule has 3 heterocycles. The lowest BCUT2D eigenvalue weighted by Crippen LogP contribution is -2.39. The monoisotopic (exact) mass is 288 g/mol. The topological polar surface area (TPSA) is 58.9 Å². The normalized spacial score (nSPS) is 19.5. The molecule has 21 heavy (non-hydrogen) atoms. The van der Waals surface area contributed by atoms with E-state index in [4.69, 9.17) is 4.74 Å². The molecule has 1 unspecified atom stereocenters. The number of urea groups is 1. The molecular weight excluding hydrogens is 268 g/mol. The van der Waals surface area contributed by atoms with E-state index >= 15 is 0 Å². The first-order valence-electron chi connectivity index (χ1n) is 7.37. The van der Waals surface area contributed by atoms with Gasteiger partial charge in [-0.15, -0.1) is 0 Å². The number of hydrogen-bond acceptors (Lipinski definition) is 3. The summed E-state index contributed by atoms with van der Waals surface area (Å²) in [5.74, 6) is 0.689. The number of pyridine rings is 1. The third-order valence-corrected chi connectivity index (χ3v) is 3.74. The van der Waals surface area contributed by atoms with Gasteiger partial charge in [0.1, 0.15) is 11.5 Å². The predicted molar refractivity (Wildman–Crippen MR) is 80.4 cm³/mol. The molecule has 112 valence electrons. The Bertz CT molecular complexity index is 625. The van der Waals surface area contributed by atoms with Crippen molar-refractivity contribution in [1.29, 1.82) is 0 Å². The van der Waals surface area contributed by atoms with Crippen LogP contribution in [0.5, 0.6) is 0 Å². The number of anilines is 1. The van der Waals surface area contributed by atoms with Crippen molar-refractivity contribution in [3.8, 4) is 0 Å². The van der Waals surface area contributed by atoms with Crippen molar-refractivity contribution < 1.29 is 9.53 Å². The van der Waals surface area contributed by atoms with Crippen LogP contribution in [0.15, 0.2) is 30.6 Å². The number of ether oxygens (including phenoxy) is 1. The summed E-state index contributed by atoms with van der Waals surface area (Å²) in [4.78, 5) is 18.5. The second-order valence-electron chi connectivity index (χ2n) is 5.20. The Labute approximate surface area is 123 Å². The lowest BCUT2D eigenvalue weighted by molar-refractivity contribution is 0.0561. The van der Waals surface area contributed by atoms with Gasteiger partial charge in [0, 0.05) is 25.9 Å². The maximum atomic E-state index is 12.4. The highest BCUT2D eigenvalue weighted by atomic mass is 16.5. The van der Waals surface area contributed by atoms with E-state index in [1.165, 1.54) is 0 Å². The average Bonchev–Trinajstić information content (AvgIpc) is 2.76. The van der Waals surface area contributed by atoms with Crippen molar-refractivity contribution in [2.24, 2.45) is 0 Å². The van der Waals surface area contributed by atoms with E-state index < -0.39 is 0 Å². The first-order valence-corrected chi connectivity index (χ1v) is 7.37. The van der Waals surface area contributed by atoms with Crippen molar-refractivity contribution in [1.82, 2.24) is 14.3 Å². The summed E-state index contributed by atoms with van der Waals surface area (Å²) in [7, 11) is 0. The average molecular weight is 288 g/mol. The van der Waals surface area contributed by atoms with Crippen molar-refractivity contribution >= 4 is 17.5 Å². The van der Waals surface area contributed by atoms with Crippen LogP contribution in [0.4, 0.5) is 10.6 Å². The van der Waals surface area contributed by atoms with Crippen LogP contribution < -0.4 is 5.32 Å². The number of carbonyl (C=O) groups is 1. The molecule has 0 spiro atoms. The number of carbonyl (C=O) groups excluding carboxylic acids is 1. The molecule has 6 heteroatoms. The van der Waals surface area contributed by atoms with Gasteiger partial charge in [0.2, 0.25) is 0 Å². The molecule has 1 saturated heterocycles. The quantitative estimate of drug-likeness (QED) is 0.923. The van der Waals surface area contributed by atoms with E-state index in [1.807, 2.05) is 33.7 Å². The van der Waals surface area contributed by atoms with Gasteiger partial charge in [0.15, 0.2) is 0 Å². The summed E-state index contributed by atoms with van der Waals surface area (Å²) < 4.78 is 7.56. The third kappa shape index (κ3) is 3.00. The Hall–Kier alpha value is -2.08. The minimum Gasteiger partial charge on any atom is -0.376 e. The highest BCUT2D eigenvalue weighted by Gasteiger charge is 2.22. The minimum absolute atomic E-state index is 0.0930. The second kappa shape index (κ2) is 6.13. The number of fused-ring (bicyclic) bond motifs is 1. The van der Waals surface area contributed by atoms with E-state index in [-0.39, 0.29) is 12.1 Å². The number of imidazole rings is 1. The SMILES string of the molecule is CCC1CN(C(=O)Nc2cnc3ccccn23)CCCO1. The van der Waals surface area contributed by atoms with Gasteiger partial charge < -0.3 is 9.64 Å². The summed E-state index contributed by atoms with van der Waals surface area (Å²) in [6.07, 6.45) is 5.48. The minimum atomic E-state index is -0.0930. The van der Waals surface area contributed by atoms with Gasteiger partial charge in [0.05, 0.1) is 12.3 Å². The molecule has 0 aliphatic carbocycles. The zero-order chi connectivity index (χ0) is 14.7. The number of rotatable bonds is 2. The van der Waals surface area contributed by atoms with Gasteiger partial charge in [-0.05, 0) is 25.0 Å². The molecular formula is C15H20N4O2. The molecule has 1 N–H and O–H groups in total. The van der Waals surface area contributed by atoms with E-state index in [1.54, 1.807) is 6.20 Å². The summed E-state index contributed by atoms with van der Waals surface area (Å²) in [5.41, 5.74) is 0.818. The van der Waals surface area contributed by atoms with Crippen LogP contribution in [0.2, 0.25) is 0 Å². The standard InChI is InChI=1S/C15H20N4O2/c1-2-12-11-18(7-5-9-21-12)15(20)17-14-10-16-13-6-3-4-8-19(13)14/h3-4,6,8,10,12H,2,5,7,9,11H2,1H3,(H,17,20). The lowest BCUT2D eigenvalue weighted by Gasteiger charge is -2.23. The van der Waals surface area contributed by atoms with E-state index in [0.29, 0.717) is 12.4 Å². The zero-order valence-electron chi connectivity index (χ0n) is 12.2. The number of nitrogens with zero attached hydrogens (tertiary/aromatic N) is 3. The van der Waals surface area contributed by atoms with Crippen LogP contribution in [0.25, 0.3) is 5.65 Å². The molecule has 1 aliphatic heterocycles. The molecule has 0 aromatic carbocycles. The van der Waals surface area contributed by atoms with Gasteiger partial charge >= 0.3 is 6.03 Å². The summed E-state index contributed by atoms with van der Waals surface area (Å²) in [5, 5.41) is 2.94. The molecule has 0 saturated carbocycles. The molecule has 1 aliphatic rings. The van der Waals surface area contributed by atoms with E-state index in [9.17, 15) is 4.79 Å². The molecule has 3 rings (SSSR count). The zero-order valence-corrected chi connectivity index (χ0v) is 12.2. The van der Waals surface area contributed by atoms with Gasteiger partial charge in [-0.2, -0.15) is 0 Å². The Morgan fingerprint density at radius 1 is 1.52 bits per heavy atom. The van der Waals surface area contributed by atoms with Gasteiger partial charge in [-0.1, -0.05) is 13.0 Å². The summed E-state index contributed by atoms with van der Waals surface area (Å²) in [6, 6.07) is 5.65. The molecule has 6 nitrogen and oxygen atoms in total. The largest absolute Gasteiger partial charge is 0.376 e. The first kappa shape index (κ1) is 13.9. The lowest BCUT2D eigenvalue weighted by atomic mass is 10.2. The van der Waals surface area contributed by atoms with E-state index in [0.717, 1.165) is 31.6 Å². The van der Waals surface area contributed by atoms with Gasteiger partial charge in [0.25, 0.3) is 0 Å². The molecule has 0 radical (unpaired) electrons. The van der Waals surface area contributed by atoms with E-state index in [2.05, 4.69) is 17.2 Å². The van der Waals surface area contributed by atoms with Crippen LogP contribution in [-0.4, -0.2) is 46.1 Å². The molecule has 2 aromatic rings. The van der Waals surface area contributed by atoms with Gasteiger partial charge in [-0.3, -0.25) is 9.72 Å². The Morgan fingerprint density at radius 3 is 3.29 bits per heavy atom. The summed E-state index contributed by atoms with van der Waals surface area (Å²) in [6.45, 7) is 4.16. The van der Waals surface area contributed by atoms with Crippen molar-refractivity contribution in [2.45, 2.75) is 25.9 Å². The molecule has 2 aromatic heterocycles. The number of aromatic nitrogens is 2. The van der Waals surface area contributed by atoms with Crippen LogP contribution in [0.3, 0.4) is 0 Å². The van der Waals surface area contributed by atoms with Gasteiger partial charge in [-0.25, -0.2) is 9.78 Å². The number of hydrogen-bond donors (Lipinski definition) is 1. The van der Waals surface area contributed by atoms with Crippen molar-refractivity contribution in [3.05, 3.63) is 30.6 Å². The Balaban J connectivity index is 1.73. The molecule has 1 atom stereocenters. The third-order valence-electron chi connectivity index (χ3n) is 3.74. The predicted octanol–water partition coefficient (Wildman–Crippen LogP) is 2.37. The summed E-state index contributed by atoms with van der Waals surface area (Å²) >= 11 is 0. The maximum absolute atomic E-state index is 12.4. The molecule has 2 amide bonds. The fourth-order valence-electron chi connectivity index (χ4n) is 2.54. The first-order chi connectivity index (χ1) is 10.3. The molecule has 0 bridgehead atoms. The van der Waals surface area contributed by atoms with Crippen LogP contribution in [0, 0.1) is 0 Å². The second-order valence-corrected chi connectivity index (χ2v) is 5.20. The number of amides is 2. The fraction of sp³-hybridized carbons (Fsp3) is 0.467. The van der Waals surface area contributed by atoms with Crippen molar-refractivity contribution in [3.63, 3.8) is 0 Å². The highest BCUT2D eigenvalue weighted by Crippen LogP contribution is 2.14. The number of nitrogens with one attached hydrogen (secondary N) is 1. The van der Waals surface area contributed by atoms with Crippen LogP contribution in [0.1, 0.15) is 19.8 Å². The van der Waals surface area contributed by atoms with Crippen LogP contribution >= 0.6 is 0 Å². The molecule has 1 fully saturated rings. The van der Waals surface area contributed by atoms with Crippen LogP contribution in [-0.2, 0) is 4.74 Å². The maximum Gasteiger partial charge on any atom is 0.323 e.